The molecule has 0 radical (unpaired) electrons. The van der Waals surface area contributed by atoms with Crippen molar-refractivity contribution in [2.45, 2.75) is 77.6 Å². The molecule has 0 aliphatic heterocycles. The number of aliphatic hydroxyl groups excluding tert-OH is 1. The number of carbonyl (C=O) groups excluding carboxylic acids is 1. The largest absolute Gasteiger partial charge is 0.389 e. The van der Waals surface area contributed by atoms with Crippen LogP contribution >= 0.6 is 0 Å². The summed E-state index contributed by atoms with van der Waals surface area (Å²) in [6, 6.07) is 0. The highest BCUT2D eigenvalue weighted by atomic mass is 16.3. The molecule has 136 valence electrons. The van der Waals surface area contributed by atoms with Crippen molar-refractivity contribution in [3.05, 3.63) is 12.2 Å². The Morgan fingerprint density at radius 1 is 1.12 bits per heavy atom. The molecule has 0 amide bonds. The summed E-state index contributed by atoms with van der Waals surface area (Å²) in [5, 5.41) is 32.8. The Morgan fingerprint density at radius 3 is 2.33 bits per heavy atom. The van der Waals surface area contributed by atoms with Crippen LogP contribution in [0.1, 0.15) is 60.3 Å². The molecular weight excluding hydrogens is 304 g/mol. The molecule has 0 aromatic rings. The average molecular weight is 336 g/mol. The number of ketones is 1. The third-order valence-corrected chi connectivity index (χ3v) is 7.86. The quantitative estimate of drug-likeness (QED) is 0.643. The SMILES string of the molecule is CC(C)[C@@]1(O)CC[C@@]2(C)C[C@@H]3[C@@](C)(C(=O)CC21)[C@@H](O)C=C[C@@]3(C)O. The number of carbonyl (C=O) groups is 1. The average Bonchev–Trinajstić information content (AvgIpc) is 2.69. The lowest BCUT2D eigenvalue weighted by atomic mass is 9.58. The van der Waals surface area contributed by atoms with Crippen LogP contribution in [-0.4, -0.2) is 38.4 Å². The first-order chi connectivity index (χ1) is 10.9. The fourth-order valence-electron chi connectivity index (χ4n) is 5.86. The van der Waals surface area contributed by atoms with Crippen molar-refractivity contribution >= 4 is 5.78 Å². The Hall–Kier alpha value is -0.710. The molecule has 2 saturated carbocycles. The molecule has 0 aromatic carbocycles. The fraction of sp³-hybridized carbons (Fsp3) is 0.850. The maximum absolute atomic E-state index is 13.2. The highest BCUT2D eigenvalue weighted by molar-refractivity contribution is 5.87. The molecule has 0 bridgehead atoms. The Bertz CT molecular complexity index is 580. The first-order valence-corrected chi connectivity index (χ1v) is 9.23. The van der Waals surface area contributed by atoms with Crippen LogP contribution in [0, 0.1) is 28.6 Å². The predicted molar refractivity (Wildman–Crippen MR) is 92.2 cm³/mol. The third kappa shape index (κ3) is 2.19. The van der Waals surface area contributed by atoms with Gasteiger partial charge in [-0.15, -0.1) is 0 Å². The summed E-state index contributed by atoms with van der Waals surface area (Å²) in [5.41, 5.74) is -3.17. The first-order valence-electron chi connectivity index (χ1n) is 9.23. The van der Waals surface area contributed by atoms with Gasteiger partial charge in [0.2, 0.25) is 0 Å². The van der Waals surface area contributed by atoms with Crippen LogP contribution in [0.5, 0.6) is 0 Å². The highest BCUT2D eigenvalue weighted by Gasteiger charge is 2.64. The summed E-state index contributed by atoms with van der Waals surface area (Å²) in [5.74, 6) is -0.419. The second-order valence-corrected chi connectivity index (χ2v) is 9.55. The van der Waals surface area contributed by atoms with Gasteiger partial charge in [-0.25, -0.2) is 0 Å². The lowest BCUT2D eigenvalue weighted by Gasteiger charge is -2.49. The molecule has 7 atom stereocenters. The van der Waals surface area contributed by atoms with Crippen LogP contribution in [0.3, 0.4) is 0 Å². The van der Waals surface area contributed by atoms with Gasteiger partial charge in [-0.05, 0) is 44.4 Å². The Kier molecular flexibility index (Phi) is 3.88. The van der Waals surface area contributed by atoms with Gasteiger partial charge in [-0.3, -0.25) is 4.79 Å². The lowest BCUT2D eigenvalue weighted by molar-refractivity contribution is -0.148. The summed E-state index contributed by atoms with van der Waals surface area (Å²) >= 11 is 0. The van der Waals surface area contributed by atoms with Gasteiger partial charge in [0.1, 0.15) is 5.78 Å². The van der Waals surface area contributed by atoms with E-state index in [1.807, 2.05) is 13.8 Å². The Balaban J connectivity index is 2.11. The van der Waals surface area contributed by atoms with E-state index in [1.54, 1.807) is 26.0 Å². The van der Waals surface area contributed by atoms with Crippen LogP contribution in [0.15, 0.2) is 12.2 Å². The minimum atomic E-state index is -1.12. The van der Waals surface area contributed by atoms with Gasteiger partial charge in [0, 0.05) is 18.3 Å². The van der Waals surface area contributed by atoms with Crippen LogP contribution < -0.4 is 0 Å². The molecule has 0 heterocycles. The number of fused-ring (bicyclic) bond motifs is 2. The number of rotatable bonds is 1. The molecule has 0 aromatic heterocycles. The summed E-state index contributed by atoms with van der Waals surface area (Å²) in [4.78, 5) is 13.2. The van der Waals surface area contributed by atoms with Crippen molar-refractivity contribution in [3.63, 3.8) is 0 Å². The first kappa shape index (κ1) is 18.1. The van der Waals surface area contributed by atoms with E-state index in [0.29, 0.717) is 12.8 Å². The predicted octanol–water partition coefficient (Wildman–Crippen LogP) is 2.46. The van der Waals surface area contributed by atoms with E-state index in [1.165, 1.54) is 0 Å². The molecule has 0 spiro atoms. The third-order valence-electron chi connectivity index (χ3n) is 7.86. The van der Waals surface area contributed by atoms with E-state index in [0.717, 1.165) is 6.42 Å². The molecule has 3 N–H and O–H groups in total. The van der Waals surface area contributed by atoms with Gasteiger partial charge in [-0.2, -0.15) is 0 Å². The normalized spacial score (nSPS) is 54.5. The molecule has 3 aliphatic rings. The maximum Gasteiger partial charge on any atom is 0.142 e. The molecule has 4 nitrogen and oxygen atoms in total. The van der Waals surface area contributed by atoms with Crippen molar-refractivity contribution in [3.8, 4) is 0 Å². The zero-order valence-corrected chi connectivity index (χ0v) is 15.5. The van der Waals surface area contributed by atoms with Gasteiger partial charge < -0.3 is 15.3 Å². The van der Waals surface area contributed by atoms with Gasteiger partial charge in [-0.1, -0.05) is 32.9 Å². The smallest absolute Gasteiger partial charge is 0.142 e. The topological polar surface area (TPSA) is 77.8 Å². The van der Waals surface area contributed by atoms with Crippen molar-refractivity contribution in [2.75, 3.05) is 0 Å². The standard InChI is InChI=1S/C20H32O4/c1-12(2)20(24)9-8-17(3)11-14-18(4,23)7-6-15(21)19(14,5)16(22)10-13(17)20/h6-7,12-15,21,23-24H,8-11H2,1-5H3/t13?,14-,15-,17-,18+,19+,20-/m0/s1. The molecule has 24 heavy (non-hydrogen) atoms. The van der Waals surface area contributed by atoms with Crippen LogP contribution in [0.4, 0.5) is 0 Å². The monoisotopic (exact) mass is 336 g/mol. The second kappa shape index (κ2) is 5.15. The zero-order valence-electron chi connectivity index (χ0n) is 15.5. The fourth-order valence-corrected chi connectivity index (χ4v) is 5.86. The lowest BCUT2D eigenvalue weighted by Crippen LogP contribution is -2.55. The Morgan fingerprint density at radius 2 is 1.75 bits per heavy atom. The molecule has 0 saturated heterocycles. The summed E-state index contributed by atoms with van der Waals surface area (Å²) in [6.07, 6.45) is 4.79. The van der Waals surface area contributed by atoms with Crippen molar-refractivity contribution in [1.29, 1.82) is 0 Å². The molecule has 2 fully saturated rings. The van der Waals surface area contributed by atoms with Gasteiger partial charge in [0.15, 0.2) is 0 Å². The van der Waals surface area contributed by atoms with E-state index in [-0.39, 0.29) is 35.4 Å². The maximum atomic E-state index is 13.2. The van der Waals surface area contributed by atoms with E-state index < -0.39 is 22.7 Å². The number of Topliss-reactive ketones (excluding diaryl/α,β-unsaturated/α-hetero) is 1. The van der Waals surface area contributed by atoms with Crippen molar-refractivity contribution in [1.82, 2.24) is 0 Å². The van der Waals surface area contributed by atoms with E-state index in [4.69, 9.17) is 0 Å². The van der Waals surface area contributed by atoms with Crippen LogP contribution in [0.2, 0.25) is 0 Å². The van der Waals surface area contributed by atoms with Gasteiger partial charge in [0.25, 0.3) is 0 Å². The number of hydrogen-bond donors (Lipinski definition) is 3. The second-order valence-electron chi connectivity index (χ2n) is 9.55. The van der Waals surface area contributed by atoms with Crippen molar-refractivity contribution < 1.29 is 20.1 Å². The molecule has 4 heteroatoms. The Labute approximate surface area is 145 Å². The molecule has 1 unspecified atom stereocenters. The molecule has 3 aliphatic carbocycles. The van der Waals surface area contributed by atoms with Crippen LogP contribution in [0.25, 0.3) is 0 Å². The zero-order chi connectivity index (χ0) is 18.1. The number of hydrogen-bond acceptors (Lipinski definition) is 4. The minimum Gasteiger partial charge on any atom is -0.389 e. The van der Waals surface area contributed by atoms with Gasteiger partial charge in [0.05, 0.1) is 22.7 Å². The van der Waals surface area contributed by atoms with Crippen molar-refractivity contribution in [2.24, 2.45) is 28.6 Å². The minimum absolute atomic E-state index is 0.0284. The van der Waals surface area contributed by atoms with Crippen LogP contribution in [-0.2, 0) is 4.79 Å². The number of aliphatic hydroxyl groups is 3. The summed E-state index contributed by atoms with van der Waals surface area (Å²) in [6.45, 7) is 9.71. The summed E-state index contributed by atoms with van der Waals surface area (Å²) in [7, 11) is 0. The van der Waals surface area contributed by atoms with E-state index in [2.05, 4.69) is 6.92 Å². The van der Waals surface area contributed by atoms with E-state index in [9.17, 15) is 20.1 Å². The highest BCUT2D eigenvalue weighted by Crippen LogP contribution is 2.63. The summed E-state index contributed by atoms with van der Waals surface area (Å²) < 4.78 is 0. The van der Waals surface area contributed by atoms with Gasteiger partial charge >= 0.3 is 0 Å². The molecule has 3 rings (SSSR count). The van der Waals surface area contributed by atoms with E-state index >= 15 is 0 Å². The molecular formula is C20H32O4.